The van der Waals surface area contributed by atoms with E-state index in [1.807, 2.05) is 6.07 Å². The summed E-state index contributed by atoms with van der Waals surface area (Å²) in [6.07, 6.45) is 0.978. The van der Waals surface area contributed by atoms with Crippen molar-refractivity contribution in [2.75, 3.05) is 13.2 Å². The van der Waals surface area contributed by atoms with Gasteiger partial charge in [-0.05, 0) is 17.4 Å². The Hall–Kier alpha value is -1.02. The highest BCUT2D eigenvalue weighted by Gasteiger charge is 2.17. The fraction of sp³-hybridized carbons (Fsp3) is 0.538. The van der Waals surface area contributed by atoms with Crippen LogP contribution in [0.1, 0.15) is 24.8 Å². The monoisotopic (exact) mass is 313 g/mol. The van der Waals surface area contributed by atoms with E-state index in [9.17, 15) is 5.11 Å². The molecule has 5 nitrogen and oxygen atoms in total. The molecule has 0 aliphatic rings. The molecule has 0 spiro atoms. The zero-order valence-electron chi connectivity index (χ0n) is 11.5. The van der Waals surface area contributed by atoms with Crippen molar-refractivity contribution in [2.45, 2.75) is 26.0 Å². The minimum absolute atomic E-state index is 0.216. The van der Waals surface area contributed by atoms with E-state index in [2.05, 4.69) is 39.4 Å². The third-order valence-electron chi connectivity index (χ3n) is 2.85. The Kier molecular flexibility index (Phi) is 5.90. The van der Waals surface area contributed by atoms with Crippen LogP contribution in [0.5, 0.6) is 5.88 Å². The van der Waals surface area contributed by atoms with Gasteiger partial charge in [-0.15, -0.1) is 15.7 Å². The maximum absolute atomic E-state index is 9.95. The average molecular weight is 313 g/mol. The largest absolute Gasteiger partial charge is 0.473 e. The molecule has 0 fully saturated rings. The molecule has 0 aliphatic heterocycles. The van der Waals surface area contributed by atoms with Gasteiger partial charge in [-0.1, -0.05) is 19.9 Å². The standard InChI is InChI=1S/C13H19N3O2S2/c1-9(2)13(11-4-3-5-19-11)14-6-10(17)8-18-12-7-15-20-16-12/h3-5,7,9-10,13-14,17H,6,8H2,1-2H3. The van der Waals surface area contributed by atoms with Crippen molar-refractivity contribution in [3.63, 3.8) is 0 Å². The highest BCUT2D eigenvalue weighted by molar-refractivity contribution is 7.10. The van der Waals surface area contributed by atoms with Crippen molar-refractivity contribution in [3.8, 4) is 5.88 Å². The summed E-state index contributed by atoms with van der Waals surface area (Å²) >= 11 is 2.82. The zero-order chi connectivity index (χ0) is 14.4. The molecule has 20 heavy (non-hydrogen) atoms. The molecule has 2 rings (SSSR count). The van der Waals surface area contributed by atoms with Crippen molar-refractivity contribution < 1.29 is 9.84 Å². The second-order valence-electron chi connectivity index (χ2n) is 4.86. The summed E-state index contributed by atoms with van der Waals surface area (Å²) in [4.78, 5) is 1.29. The summed E-state index contributed by atoms with van der Waals surface area (Å²) in [5.41, 5.74) is 0. The number of aliphatic hydroxyl groups is 1. The van der Waals surface area contributed by atoms with Crippen LogP contribution in [0.15, 0.2) is 23.7 Å². The summed E-state index contributed by atoms with van der Waals surface area (Å²) in [5.74, 6) is 0.928. The minimum atomic E-state index is -0.571. The van der Waals surface area contributed by atoms with Crippen LogP contribution >= 0.6 is 23.1 Å². The summed E-state index contributed by atoms with van der Waals surface area (Å²) in [6.45, 7) is 5.04. The van der Waals surface area contributed by atoms with E-state index in [1.165, 1.54) is 4.88 Å². The lowest BCUT2D eigenvalue weighted by Gasteiger charge is -2.23. The lowest BCUT2D eigenvalue weighted by molar-refractivity contribution is 0.0997. The van der Waals surface area contributed by atoms with Gasteiger partial charge in [0.2, 0.25) is 5.88 Å². The summed E-state index contributed by atoms with van der Waals surface area (Å²) in [7, 11) is 0. The van der Waals surface area contributed by atoms with E-state index in [4.69, 9.17) is 4.74 Å². The predicted octanol–water partition coefficient (Wildman–Crippen LogP) is 2.33. The van der Waals surface area contributed by atoms with Crippen LogP contribution in [0.2, 0.25) is 0 Å². The predicted molar refractivity (Wildman–Crippen MR) is 81.3 cm³/mol. The Bertz CT molecular complexity index is 474. The SMILES string of the molecule is CC(C)C(NCC(O)COc1cnsn1)c1cccs1. The summed E-state index contributed by atoms with van der Waals surface area (Å²) in [6, 6.07) is 4.42. The first-order valence-corrected chi connectivity index (χ1v) is 8.13. The molecule has 0 saturated heterocycles. The molecule has 0 saturated carbocycles. The van der Waals surface area contributed by atoms with Gasteiger partial charge >= 0.3 is 0 Å². The Morgan fingerprint density at radius 1 is 1.45 bits per heavy atom. The number of thiophene rings is 1. The van der Waals surface area contributed by atoms with E-state index in [0.29, 0.717) is 18.3 Å². The van der Waals surface area contributed by atoms with Gasteiger partial charge in [0.05, 0.1) is 11.7 Å². The molecule has 0 radical (unpaired) electrons. The van der Waals surface area contributed by atoms with E-state index in [1.54, 1.807) is 17.5 Å². The molecule has 0 aliphatic carbocycles. The maximum Gasteiger partial charge on any atom is 0.245 e. The third-order valence-corrected chi connectivity index (χ3v) is 4.27. The van der Waals surface area contributed by atoms with Gasteiger partial charge < -0.3 is 15.2 Å². The number of nitrogens with zero attached hydrogens (tertiary/aromatic N) is 2. The fourth-order valence-corrected chi connectivity index (χ4v) is 3.19. The van der Waals surface area contributed by atoms with Gasteiger partial charge in [0.15, 0.2) is 0 Å². The van der Waals surface area contributed by atoms with E-state index < -0.39 is 6.10 Å². The quantitative estimate of drug-likeness (QED) is 0.783. The van der Waals surface area contributed by atoms with Crippen LogP contribution in [0.25, 0.3) is 0 Å². The summed E-state index contributed by atoms with van der Waals surface area (Å²) < 4.78 is 13.1. The number of hydrogen-bond acceptors (Lipinski definition) is 7. The molecule has 0 bridgehead atoms. The fourth-order valence-electron chi connectivity index (χ4n) is 1.86. The number of ether oxygens (including phenoxy) is 1. The number of aliphatic hydroxyl groups excluding tert-OH is 1. The Morgan fingerprint density at radius 2 is 2.30 bits per heavy atom. The molecule has 7 heteroatoms. The molecule has 2 heterocycles. The van der Waals surface area contributed by atoms with Crippen LogP contribution in [0, 0.1) is 5.92 Å². The topological polar surface area (TPSA) is 67.3 Å². The molecular formula is C13H19N3O2S2. The molecule has 2 aromatic rings. The van der Waals surface area contributed by atoms with Crippen LogP contribution in [-0.4, -0.2) is 33.1 Å². The third kappa shape index (κ3) is 4.52. The zero-order valence-corrected chi connectivity index (χ0v) is 13.2. The molecular weight excluding hydrogens is 294 g/mol. The Labute approximate surface area is 127 Å². The molecule has 2 N–H and O–H groups in total. The molecule has 0 amide bonds. The smallest absolute Gasteiger partial charge is 0.245 e. The van der Waals surface area contributed by atoms with Crippen molar-refractivity contribution in [3.05, 3.63) is 28.6 Å². The van der Waals surface area contributed by atoms with Gasteiger partial charge in [0.1, 0.15) is 18.9 Å². The molecule has 110 valence electrons. The van der Waals surface area contributed by atoms with Crippen LogP contribution in [0.3, 0.4) is 0 Å². The molecule has 2 aromatic heterocycles. The lowest BCUT2D eigenvalue weighted by Crippen LogP contribution is -2.35. The Morgan fingerprint density at radius 3 is 2.90 bits per heavy atom. The van der Waals surface area contributed by atoms with Gasteiger partial charge in [-0.2, -0.15) is 4.37 Å². The van der Waals surface area contributed by atoms with Gasteiger partial charge in [-0.25, -0.2) is 0 Å². The van der Waals surface area contributed by atoms with E-state index in [0.717, 1.165) is 11.7 Å². The Balaban J connectivity index is 1.77. The number of hydrogen-bond donors (Lipinski definition) is 2. The average Bonchev–Trinajstić information content (AvgIpc) is 3.09. The molecule has 2 atom stereocenters. The van der Waals surface area contributed by atoms with E-state index in [-0.39, 0.29) is 12.6 Å². The first-order chi connectivity index (χ1) is 9.66. The highest BCUT2D eigenvalue weighted by Crippen LogP contribution is 2.25. The van der Waals surface area contributed by atoms with Crippen LogP contribution in [-0.2, 0) is 0 Å². The first kappa shape index (κ1) is 15.4. The van der Waals surface area contributed by atoms with E-state index >= 15 is 0 Å². The second-order valence-corrected chi connectivity index (χ2v) is 6.39. The van der Waals surface area contributed by atoms with Gasteiger partial charge in [-0.3, -0.25) is 0 Å². The van der Waals surface area contributed by atoms with Gasteiger partial charge in [0, 0.05) is 17.5 Å². The summed E-state index contributed by atoms with van der Waals surface area (Å²) in [5, 5.41) is 15.4. The van der Waals surface area contributed by atoms with Crippen molar-refractivity contribution in [1.82, 2.24) is 14.1 Å². The first-order valence-electron chi connectivity index (χ1n) is 6.52. The molecule has 0 aromatic carbocycles. The second kappa shape index (κ2) is 7.68. The lowest BCUT2D eigenvalue weighted by atomic mass is 10.0. The number of aromatic nitrogens is 2. The maximum atomic E-state index is 9.95. The normalized spacial score (nSPS) is 14.4. The number of rotatable bonds is 8. The number of nitrogens with one attached hydrogen (secondary N) is 1. The van der Waals surface area contributed by atoms with Gasteiger partial charge in [0.25, 0.3) is 0 Å². The minimum Gasteiger partial charge on any atom is -0.473 e. The van der Waals surface area contributed by atoms with Crippen molar-refractivity contribution in [2.24, 2.45) is 5.92 Å². The van der Waals surface area contributed by atoms with Crippen LogP contribution in [0.4, 0.5) is 0 Å². The van der Waals surface area contributed by atoms with Crippen molar-refractivity contribution >= 4 is 23.1 Å². The van der Waals surface area contributed by atoms with Crippen LogP contribution < -0.4 is 10.1 Å². The molecule has 2 unspecified atom stereocenters. The highest BCUT2D eigenvalue weighted by atomic mass is 32.1. The van der Waals surface area contributed by atoms with Crippen molar-refractivity contribution in [1.29, 1.82) is 0 Å².